The Morgan fingerprint density at radius 3 is 2.52 bits per heavy atom. The van der Waals surface area contributed by atoms with E-state index in [9.17, 15) is 58.2 Å². The fourth-order valence-corrected chi connectivity index (χ4v) is 5.92. The standard InChI is InChI=1S/C31H30BClF2N6O11/c1-39(13-14-8-16(42)12-36-11-14)4-5-40-6-7-41(29(47)28(40)46)31(50)38-23(17-10-19(35)24(43)25(44)22(17)33)27(45)37-20-9-15-2-3-18(34)21(30(48)49)26(15)52-32(20)51/h2-3,8,10-12,20,23,42-44,51H,4-7,9,13H2,1H3,(H,37,45)(H,38,50)(H,48,49)/t20-,23+/m0/s1. The van der Waals surface area contributed by atoms with Crippen molar-refractivity contribution < 1.29 is 62.9 Å². The minimum Gasteiger partial charge on any atom is -0.534 e. The third kappa shape index (κ3) is 7.77. The molecule has 2 aromatic carbocycles. The zero-order valence-corrected chi connectivity index (χ0v) is 27.8. The number of aromatic hydroxyl groups is 3. The van der Waals surface area contributed by atoms with E-state index in [4.69, 9.17) is 16.3 Å². The molecule has 5 rings (SSSR count). The van der Waals surface area contributed by atoms with Crippen molar-refractivity contribution in [3.05, 3.63) is 75.6 Å². The molecule has 0 aliphatic carbocycles. The number of aromatic carboxylic acids is 1. The molecule has 274 valence electrons. The molecule has 0 saturated carbocycles. The molecule has 21 heteroatoms. The van der Waals surface area contributed by atoms with Crippen LogP contribution in [0.3, 0.4) is 0 Å². The number of rotatable bonds is 10. The Morgan fingerprint density at radius 2 is 1.83 bits per heavy atom. The van der Waals surface area contributed by atoms with Gasteiger partial charge in [0.05, 0.1) is 17.2 Å². The Morgan fingerprint density at radius 1 is 1.10 bits per heavy atom. The van der Waals surface area contributed by atoms with Crippen molar-refractivity contribution in [3.63, 3.8) is 0 Å². The van der Waals surface area contributed by atoms with E-state index in [-0.39, 0.29) is 37.4 Å². The van der Waals surface area contributed by atoms with Gasteiger partial charge in [-0.3, -0.25) is 24.3 Å². The number of nitrogens with zero attached hydrogens (tertiary/aromatic N) is 4. The molecule has 17 nitrogen and oxygen atoms in total. The Labute approximate surface area is 298 Å². The average Bonchev–Trinajstić information content (AvgIpc) is 3.08. The lowest BCUT2D eigenvalue weighted by Gasteiger charge is -2.34. The number of likely N-dealkylation sites (N-methyl/N-ethyl adjacent to an activating group) is 1. The van der Waals surface area contributed by atoms with E-state index in [1.165, 1.54) is 23.2 Å². The van der Waals surface area contributed by atoms with Crippen LogP contribution >= 0.6 is 11.6 Å². The number of benzene rings is 2. The van der Waals surface area contributed by atoms with Crippen LogP contribution in [-0.2, 0) is 27.3 Å². The van der Waals surface area contributed by atoms with Crippen molar-refractivity contribution in [2.45, 2.75) is 24.9 Å². The zero-order chi connectivity index (χ0) is 38.0. The molecule has 7 N–H and O–H groups in total. The van der Waals surface area contributed by atoms with Crippen molar-refractivity contribution in [1.29, 1.82) is 0 Å². The van der Waals surface area contributed by atoms with Crippen LogP contribution in [-0.4, -0.2) is 121 Å². The van der Waals surface area contributed by atoms with E-state index < -0.39 is 93.9 Å². The maximum absolute atomic E-state index is 14.6. The maximum Gasteiger partial charge on any atom is 0.547 e. The van der Waals surface area contributed by atoms with E-state index in [2.05, 4.69) is 15.6 Å². The first-order chi connectivity index (χ1) is 24.6. The third-order valence-corrected chi connectivity index (χ3v) is 8.72. The molecule has 0 radical (unpaired) electrons. The number of hydrogen-bond acceptors (Lipinski definition) is 12. The summed E-state index contributed by atoms with van der Waals surface area (Å²) in [6, 6.07) is 0.715. The van der Waals surface area contributed by atoms with E-state index in [0.29, 0.717) is 29.6 Å². The van der Waals surface area contributed by atoms with Crippen LogP contribution in [0.2, 0.25) is 5.02 Å². The molecule has 2 aliphatic heterocycles. The highest BCUT2D eigenvalue weighted by molar-refractivity contribution is 6.47. The number of phenolic OH excluding ortho intramolecular Hbond substituents is 2. The summed E-state index contributed by atoms with van der Waals surface area (Å²) < 4.78 is 34.0. The number of piperazine rings is 1. The van der Waals surface area contributed by atoms with Crippen LogP contribution in [0.5, 0.6) is 23.0 Å². The fraction of sp³-hybridized carbons (Fsp3) is 0.290. The van der Waals surface area contributed by atoms with Gasteiger partial charge in [0.2, 0.25) is 5.91 Å². The number of carbonyl (C=O) groups excluding carboxylic acids is 4. The minimum atomic E-state index is -2.04. The van der Waals surface area contributed by atoms with Gasteiger partial charge in [-0.2, -0.15) is 0 Å². The third-order valence-electron chi connectivity index (χ3n) is 8.33. The lowest BCUT2D eigenvalue weighted by molar-refractivity contribution is -0.153. The number of pyridine rings is 1. The van der Waals surface area contributed by atoms with Gasteiger partial charge in [0.25, 0.3) is 0 Å². The molecule has 0 bridgehead atoms. The summed E-state index contributed by atoms with van der Waals surface area (Å²) in [5, 5.41) is 53.4. The van der Waals surface area contributed by atoms with Gasteiger partial charge in [-0.25, -0.2) is 18.4 Å². The molecular weight excluding hydrogens is 717 g/mol. The van der Waals surface area contributed by atoms with Crippen LogP contribution < -0.4 is 15.3 Å². The summed E-state index contributed by atoms with van der Waals surface area (Å²) in [5.41, 5.74) is -0.689. The Balaban J connectivity index is 1.31. The SMILES string of the molecule is CN(CCN1CCN(C(=O)N[C@@H](C(=O)N[C@H]2Cc3ccc(F)c(C(=O)O)c3OB2O)c2cc(F)c(O)c(O)c2Cl)C(=O)C1=O)Cc1cncc(O)c1. The number of nitrogens with one attached hydrogen (secondary N) is 2. The topological polar surface area (TPSA) is 242 Å². The normalized spacial score (nSPS) is 16.3. The molecule has 1 fully saturated rings. The number of hydrogen-bond donors (Lipinski definition) is 7. The number of phenols is 2. The van der Waals surface area contributed by atoms with Crippen molar-refractivity contribution in [3.8, 4) is 23.0 Å². The highest BCUT2D eigenvalue weighted by Crippen LogP contribution is 2.40. The van der Waals surface area contributed by atoms with Crippen LogP contribution in [0.4, 0.5) is 13.6 Å². The maximum atomic E-state index is 14.6. The second-order valence-electron chi connectivity index (χ2n) is 11.9. The van der Waals surface area contributed by atoms with Crippen molar-refractivity contribution in [2.24, 2.45) is 0 Å². The quantitative estimate of drug-likeness (QED) is 0.0852. The van der Waals surface area contributed by atoms with Gasteiger partial charge >= 0.3 is 30.9 Å². The van der Waals surface area contributed by atoms with Gasteiger partial charge in [0.15, 0.2) is 17.3 Å². The predicted molar refractivity (Wildman–Crippen MR) is 174 cm³/mol. The Kier molecular flexibility index (Phi) is 11.0. The van der Waals surface area contributed by atoms with E-state index in [1.807, 2.05) is 4.90 Å². The molecule has 3 heterocycles. The molecule has 1 aromatic heterocycles. The summed E-state index contributed by atoms with van der Waals surface area (Å²) in [7, 11) is -0.221. The van der Waals surface area contributed by atoms with Crippen LogP contribution in [0.1, 0.15) is 33.1 Å². The molecule has 3 aromatic rings. The first-order valence-electron chi connectivity index (χ1n) is 15.4. The number of imide groups is 1. The zero-order valence-electron chi connectivity index (χ0n) is 27.0. The van der Waals surface area contributed by atoms with E-state index in [0.717, 1.165) is 6.07 Å². The largest absolute Gasteiger partial charge is 0.547 e. The first-order valence-corrected chi connectivity index (χ1v) is 15.8. The second kappa shape index (κ2) is 15.3. The van der Waals surface area contributed by atoms with Gasteiger partial charge in [0.1, 0.15) is 28.9 Å². The summed E-state index contributed by atoms with van der Waals surface area (Å²) in [6.45, 7) is 0.318. The Bertz CT molecular complexity index is 1960. The second-order valence-corrected chi connectivity index (χ2v) is 12.3. The molecule has 0 spiro atoms. The van der Waals surface area contributed by atoms with Gasteiger partial charge in [-0.05, 0) is 42.8 Å². The molecule has 2 aliphatic rings. The van der Waals surface area contributed by atoms with Gasteiger partial charge < -0.3 is 50.5 Å². The highest BCUT2D eigenvalue weighted by Gasteiger charge is 2.42. The van der Waals surface area contributed by atoms with Crippen LogP contribution in [0, 0.1) is 11.6 Å². The number of amides is 5. The lowest BCUT2D eigenvalue weighted by atomic mass is 9.72. The smallest absolute Gasteiger partial charge is 0.534 e. The molecule has 0 unspecified atom stereocenters. The summed E-state index contributed by atoms with van der Waals surface area (Å²) >= 11 is 6.13. The highest BCUT2D eigenvalue weighted by atomic mass is 35.5. The lowest BCUT2D eigenvalue weighted by Crippen LogP contribution is -2.60. The molecule has 2 atom stereocenters. The van der Waals surface area contributed by atoms with Crippen LogP contribution in [0.25, 0.3) is 0 Å². The number of carbonyl (C=O) groups is 5. The molecule has 52 heavy (non-hydrogen) atoms. The summed E-state index contributed by atoms with van der Waals surface area (Å²) in [4.78, 5) is 72.2. The monoisotopic (exact) mass is 746 g/mol. The Hall–Kier alpha value is -5.73. The van der Waals surface area contributed by atoms with Gasteiger partial charge in [-0.15, -0.1) is 0 Å². The predicted octanol–water partition coefficient (Wildman–Crippen LogP) is 0.521. The van der Waals surface area contributed by atoms with Crippen LogP contribution in [0.15, 0.2) is 36.7 Å². The number of carboxylic acids is 1. The summed E-state index contributed by atoms with van der Waals surface area (Å²) in [5.74, 6) is -12.1. The van der Waals surface area contributed by atoms with Crippen molar-refractivity contribution >= 4 is 48.4 Å². The first kappa shape index (κ1) is 37.5. The van der Waals surface area contributed by atoms with E-state index >= 15 is 0 Å². The molecule has 5 amide bonds. The number of urea groups is 1. The van der Waals surface area contributed by atoms with E-state index in [1.54, 1.807) is 13.2 Å². The van der Waals surface area contributed by atoms with Crippen molar-refractivity contribution in [1.82, 2.24) is 30.3 Å². The number of fused-ring (bicyclic) bond motifs is 1. The van der Waals surface area contributed by atoms with Crippen molar-refractivity contribution in [2.75, 3.05) is 33.2 Å². The number of carboxylic acid groups (broad SMARTS) is 1. The fourth-order valence-electron chi connectivity index (χ4n) is 5.67. The molecule has 1 saturated heterocycles. The molecular formula is C31H30BClF2N6O11. The summed E-state index contributed by atoms with van der Waals surface area (Å²) in [6.07, 6.45) is 2.51. The minimum absolute atomic E-state index is 0.0179. The number of aromatic nitrogens is 1. The number of halogens is 3. The van der Waals surface area contributed by atoms with Gasteiger partial charge in [0, 0.05) is 44.5 Å². The van der Waals surface area contributed by atoms with Gasteiger partial charge in [-0.1, -0.05) is 17.7 Å². The average molecular weight is 747 g/mol.